The van der Waals surface area contributed by atoms with Crippen molar-refractivity contribution in [3.8, 4) is 22.9 Å². The van der Waals surface area contributed by atoms with E-state index in [0.717, 1.165) is 28.1 Å². The number of pyridine rings is 1. The minimum absolute atomic E-state index is 0.660. The molecule has 0 bridgehead atoms. The molecular formula is C29H19N5. The molecule has 4 heterocycles. The number of nitrogens with zero attached hydrogens (tertiary/aromatic N) is 5. The Morgan fingerprint density at radius 2 is 1.44 bits per heavy atom. The average Bonchev–Trinajstić information content (AvgIpc) is 3.49. The molecule has 160 valence electrons. The van der Waals surface area contributed by atoms with E-state index in [1.807, 2.05) is 30.5 Å². The van der Waals surface area contributed by atoms with E-state index in [1.54, 1.807) is 12.4 Å². The fourth-order valence-electron chi connectivity index (χ4n) is 4.85. The van der Waals surface area contributed by atoms with Crippen LogP contribution in [-0.2, 0) is 0 Å². The Morgan fingerprint density at radius 3 is 2.32 bits per heavy atom. The summed E-state index contributed by atoms with van der Waals surface area (Å²) in [7, 11) is 0. The van der Waals surface area contributed by atoms with Crippen LogP contribution in [0.1, 0.15) is 0 Å². The van der Waals surface area contributed by atoms with Gasteiger partial charge in [-0.15, -0.1) is 0 Å². The van der Waals surface area contributed by atoms with Crippen molar-refractivity contribution in [1.29, 1.82) is 0 Å². The van der Waals surface area contributed by atoms with Crippen LogP contribution in [0.4, 0.5) is 0 Å². The van der Waals surface area contributed by atoms with Crippen LogP contribution in [0.3, 0.4) is 0 Å². The number of hydrogen-bond acceptors (Lipinski definition) is 3. The summed E-state index contributed by atoms with van der Waals surface area (Å²) in [5.74, 6) is 1.50. The summed E-state index contributed by atoms with van der Waals surface area (Å²) in [6, 6.07) is 31.4. The largest absolute Gasteiger partial charge is 0.317 e. The average molecular weight is 438 g/mol. The van der Waals surface area contributed by atoms with Gasteiger partial charge in [-0.2, -0.15) is 0 Å². The van der Waals surface area contributed by atoms with Gasteiger partial charge in [0, 0.05) is 52.2 Å². The van der Waals surface area contributed by atoms with Gasteiger partial charge in [-0.25, -0.2) is 9.97 Å². The summed E-state index contributed by atoms with van der Waals surface area (Å²) in [5.41, 5.74) is 5.47. The number of rotatable bonds is 3. The molecule has 0 saturated carbocycles. The standard InChI is InChI=1S/C29H19N5/c1-2-8-21(9-3-1)33-18-15-23-24(33)12-13-26-28(23)22-10-4-5-11-25(22)34(26)27-14-17-31-29(32-27)20-7-6-16-30-19-20/h1-19H. The lowest BCUT2D eigenvalue weighted by Crippen LogP contribution is -2.00. The third-order valence-electron chi connectivity index (χ3n) is 6.33. The fourth-order valence-corrected chi connectivity index (χ4v) is 4.85. The van der Waals surface area contributed by atoms with E-state index in [9.17, 15) is 0 Å². The molecule has 7 rings (SSSR count). The minimum atomic E-state index is 0.660. The number of benzene rings is 3. The van der Waals surface area contributed by atoms with Crippen LogP contribution in [0, 0.1) is 0 Å². The molecule has 7 aromatic rings. The second-order valence-corrected chi connectivity index (χ2v) is 8.25. The van der Waals surface area contributed by atoms with E-state index >= 15 is 0 Å². The topological polar surface area (TPSA) is 48.5 Å². The Balaban J connectivity index is 1.52. The van der Waals surface area contributed by atoms with Gasteiger partial charge in [0.2, 0.25) is 0 Å². The molecule has 0 radical (unpaired) electrons. The molecule has 0 aliphatic rings. The molecule has 0 aliphatic carbocycles. The molecule has 0 N–H and O–H groups in total. The van der Waals surface area contributed by atoms with Crippen LogP contribution in [0.25, 0.3) is 55.6 Å². The zero-order valence-corrected chi connectivity index (χ0v) is 18.2. The first-order valence-electron chi connectivity index (χ1n) is 11.2. The van der Waals surface area contributed by atoms with Gasteiger partial charge < -0.3 is 4.57 Å². The van der Waals surface area contributed by atoms with Gasteiger partial charge in [-0.1, -0.05) is 36.4 Å². The summed E-state index contributed by atoms with van der Waals surface area (Å²) < 4.78 is 4.47. The van der Waals surface area contributed by atoms with Crippen molar-refractivity contribution in [2.75, 3.05) is 0 Å². The monoisotopic (exact) mass is 437 g/mol. The highest BCUT2D eigenvalue weighted by molar-refractivity contribution is 6.21. The van der Waals surface area contributed by atoms with Crippen LogP contribution < -0.4 is 0 Å². The van der Waals surface area contributed by atoms with Gasteiger partial charge in [0.25, 0.3) is 0 Å². The van der Waals surface area contributed by atoms with Crippen molar-refractivity contribution in [2.45, 2.75) is 0 Å². The quantitative estimate of drug-likeness (QED) is 0.314. The molecule has 5 heteroatoms. The van der Waals surface area contributed by atoms with Crippen LogP contribution in [0.2, 0.25) is 0 Å². The Morgan fingerprint density at radius 1 is 0.618 bits per heavy atom. The van der Waals surface area contributed by atoms with E-state index in [0.29, 0.717) is 5.82 Å². The van der Waals surface area contributed by atoms with Crippen LogP contribution >= 0.6 is 0 Å². The number of fused-ring (bicyclic) bond motifs is 5. The number of aromatic nitrogens is 5. The van der Waals surface area contributed by atoms with Crippen molar-refractivity contribution in [1.82, 2.24) is 24.1 Å². The zero-order valence-electron chi connectivity index (χ0n) is 18.2. The highest BCUT2D eigenvalue weighted by atomic mass is 15.1. The van der Waals surface area contributed by atoms with E-state index in [4.69, 9.17) is 4.98 Å². The van der Waals surface area contributed by atoms with Crippen molar-refractivity contribution in [2.24, 2.45) is 0 Å². The highest BCUT2D eigenvalue weighted by Crippen LogP contribution is 2.37. The maximum absolute atomic E-state index is 4.93. The minimum Gasteiger partial charge on any atom is -0.317 e. The molecule has 0 unspecified atom stereocenters. The molecule has 4 aromatic heterocycles. The highest BCUT2D eigenvalue weighted by Gasteiger charge is 2.17. The normalized spacial score (nSPS) is 11.5. The molecule has 34 heavy (non-hydrogen) atoms. The van der Waals surface area contributed by atoms with E-state index in [1.165, 1.54) is 21.7 Å². The molecule has 0 amide bonds. The molecule has 0 saturated heterocycles. The van der Waals surface area contributed by atoms with Gasteiger partial charge in [0.05, 0.1) is 16.6 Å². The van der Waals surface area contributed by atoms with Gasteiger partial charge in [0.1, 0.15) is 5.82 Å². The molecule has 0 atom stereocenters. The third kappa shape index (κ3) is 2.77. The van der Waals surface area contributed by atoms with Crippen molar-refractivity contribution in [3.05, 3.63) is 116 Å². The van der Waals surface area contributed by atoms with Crippen LogP contribution in [-0.4, -0.2) is 24.1 Å². The summed E-state index contributed by atoms with van der Waals surface area (Å²) in [6.07, 6.45) is 7.51. The van der Waals surface area contributed by atoms with Gasteiger partial charge in [-0.3, -0.25) is 9.55 Å². The molecule has 0 spiro atoms. The van der Waals surface area contributed by atoms with Crippen molar-refractivity contribution >= 4 is 32.7 Å². The molecule has 3 aromatic carbocycles. The Labute approximate surface area is 195 Å². The van der Waals surface area contributed by atoms with Gasteiger partial charge in [-0.05, 0) is 54.6 Å². The smallest absolute Gasteiger partial charge is 0.163 e. The molecule has 5 nitrogen and oxygen atoms in total. The lowest BCUT2D eigenvalue weighted by atomic mass is 10.1. The Bertz CT molecular complexity index is 1800. The summed E-state index contributed by atoms with van der Waals surface area (Å²) in [6.45, 7) is 0. The van der Waals surface area contributed by atoms with E-state index in [2.05, 4.69) is 92.0 Å². The third-order valence-corrected chi connectivity index (χ3v) is 6.33. The first kappa shape index (κ1) is 18.8. The maximum atomic E-state index is 4.93. The summed E-state index contributed by atoms with van der Waals surface area (Å²) in [4.78, 5) is 13.6. The molecule has 0 fully saturated rings. The predicted molar refractivity (Wildman–Crippen MR) is 136 cm³/mol. The lowest BCUT2D eigenvalue weighted by Gasteiger charge is -2.09. The molecule has 0 aliphatic heterocycles. The zero-order chi connectivity index (χ0) is 22.5. The summed E-state index contributed by atoms with van der Waals surface area (Å²) in [5, 5.41) is 3.65. The second-order valence-electron chi connectivity index (χ2n) is 8.25. The number of hydrogen-bond donors (Lipinski definition) is 0. The maximum Gasteiger partial charge on any atom is 0.163 e. The Kier molecular flexibility index (Phi) is 4.08. The van der Waals surface area contributed by atoms with Gasteiger partial charge >= 0.3 is 0 Å². The lowest BCUT2D eigenvalue weighted by molar-refractivity contribution is 1.04. The SMILES string of the molecule is c1ccc(-n2ccc3c4c5ccccc5n(-c5ccnc(-c6cccnc6)n5)c4ccc32)cc1. The van der Waals surface area contributed by atoms with E-state index < -0.39 is 0 Å². The van der Waals surface area contributed by atoms with Crippen molar-refractivity contribution < 1.29 is 0 Å². The predicted octanol–water partition coefficient (Wildman–Crippen LogP) is 6.58. The van der Waals surface area contributed by atoms with E-state index in [-0.39, 0.29) is 0 Å². The Hall–Kier alpha value is -4.77. The summed E-state index contributed by atoms with van der Waals surface area (Å²) >= 11 is 0. The first-order valence-corrected chi connectivity index (χ1v) is 11.2. The second kappa shape index (κ2) is 7.39. The van der Waals surface area contributed by atoms with Crippen molar-refractivity contribution in [3.63, 3.8) is 0 Å². The van der Waals surface area contributed by atoms with Gasteiger partial charge in [0.15, 0.2) is 5.82 Å². The first-order chi connectivity index (χ1) is 16.9. The van der Waals surface area contributed by atoms with Crippen LogP contribution in [0.5, 0.6) is 0 Å². The fraction of sp³-hybridized carbons (Fsp3) is 0. The molecular weight excluding hydrogens is 418 g/mol. The number of para-hydroxylation sites is 2. The van der Waals surface area contributed by atoms with Crippen LogP contribution in [0.15, 0.2) is 116 Å².